The summed E-state index contributed by atoms with van der Waals surface area (Å²) in [6.07, 6.45) is 3.18. The second kappa shape index (κ2) is 8.71. The van der Waals surface area contributed by atoms with Crippen LogP contribution < -0.4 is 5.32 Å². The van der Waals surface area contributed by atoms with E-state index in [-0.39, 0.29) is 29.7 Å². The van der Waals surface area contributed by atoms with Crippen molar-refractivity contribution in [1.82, 2.24) is 15.1 Å². The van der Waals surface area contributed by atoms with Crippen LogP contribution >= 0.6 is 0 Å². The highest BCUT2D eigenvalue weighted by Gasteiger charge is 2.38. The molecule has 3 rings (SSSR count). The van der Waals surface area contributed by atoms with Gasteiger partial charge < -0.3 is 15.1 Å². The van der Waals surface area contributed by atoms with Crippen LogP contribution in [0.1, 0.15) is 48.5 Å². The van der Waals surface area contributed by atoms with E-state index < -0.39 is 5.82 Å². The number of nitrogens with one attached hydrogen (secondary N) is 1. The number of rotatable bonds is 1. The number of benzene rings is 1. The Balaban J connectivity index is 1.77. The predicted molar refractivity (Wildman–Crippen MR) is 103 cm³/mol. The van der Waals surface area contributed by atoms with Gasteiger partial charge in [-0.25, -0.2) is 4.39 Å². The number of aryl methyl sites for hydroxylation is 1. The molecule has 2 aliphatic rings. The summed E-state index contributed by atoms with van der Waals surface area (Å²) in [6, 6.07) is 4.41. The average molecular weight is 389 g/mol. The topological polar surface area (TPSA) is 69.7 Å². The Morgan fingerprint density at radius 2 is 1.93 bits per heavy atom. The van der Waals surface area contributed by atoms with Gasteiger partial charge in [-0.1, -0.05) is 12.5 Å². The molecule has 0 bridgehead atoms. The van der Waals surface area contributed by atoms with Crippen molar-refractivity contribution in [3.05, 3.63) is 35.1 Å². The molecule has 1 N–H and O–H groups in total. The predicted octanol–water partition coefficient (Wildman–Crippen LogP) is 2.11. The maximum absolute atomic E-state index is 13.9. The Bertz CT molecular complexity index is 767. The molecule has 1 saturated carbocycles. The zero-order chi connectivity index (χ0) is 20.3. The molecular weight excluding hydrogens is 361 g/mol. The lowest BCUT2D eigenvalue weighted by Crippen LogP contribution is -2.46. The number of halogens is 1. The fourth-order valence-electron chi connectivity index (χ4n) is 4.28. The van der Waals surface area contributed by atoms with Crippen molar-refractivity contribution in [1.29, 1.82) is 0 Å². The summed E-state index contributed by atoms with van der Waals surface area (Å²) in [5.41, 5.74) is 0.787. The van der Waals surface area contributed by atoms with Gasteiger partial charge in [0, 0.05) is 44.7 Å². The molecule has 28 heavy (non-hydrogen) atoms. The van der Waals surface area contributed by atoms with Crippen LogP contribution in [0, 0.1) is 18.7 Å². The molecule has 1 saturated heterocycles. The highest BCUT2D eigenvalue weighted by atomic mass is 19.1. The quantitative estimate of drug-likeness (QED) is 0.800. The van der Waals surface area contributed by atoms with E-state index in [4.69, 9.17) is 0 Å². The maximum atomic E-state index is 13.9. The van der Waals surface area contributed by atoms with Crippen LogP contribution in [0.2, 0.25) is 0 Å². The second-order valence-electron chi connectivity index (χ2n) is 7.72. The molecular formula is C21H28FN3O3. The number of hydrogen-bond donors (Lipinski definition) is 1. The van der Waals surface area contributed by atoms with Gasteiger partial charge in [-0.05, 0) is 43.9 Å². The van der Waals surface area contributed by atoms with E-state index in [1.165, 1.54) is 13.0 Å². The molecule has 2 atom stereocenters. The number of carbonyl (C=O) groups excluding carboxylic acids is 3. The van der Waals surface area contributed by atoms with Gasteiger partial charge in [-0.2, -0.15) is 0 Å². The van der Waals surface area contributed by atoms with Crippen LogP contribution in [0.3, 0.4) is 0 Å². The van der Waals surface area contributed by atoms with Crippen LogP contribution in [-0.4, -0.2) is 59.7 Å². The van der Waals surface area contributed by atoms with E-state index in [2.05, 4.69) is 5.32 Å². The van der Waals surface area contributed by atoms with Crippen molar-refractivity contribution in [2.24, 2.45) is 5.92 Å². The fourth-order valence-corrected chi connectivity index (χ4v) is 4.28. The molecule has 7 heteroatoms. The van der Waals surface area contributed by atoms with Crippen molar-refractivity contribution in [3.63, 3.8) is 0 Å². The number of amides is 3. The van der Waals surface area contributed by atoms with Gasteiger partial charge in [0.1, 0.15) is 5.82 Å². The van der Waals surface area contributed by atoms with Crippen molar-refractivity contribution in [2.75, 3.05) is 26.2 Å². The molecule has 3 amide bonds. The van der Waals surface area contributed by atoms with Crippen molar-refractivity contribution >= 4 is 17.7 Å². The lowest BCUT2D eigenvalue weighted by molar-refractivity contribution is -0.134. The van der Waals surface area contributed by atoms with Crippen LogP contribution in [0.4, 0.5) is 4.39 Å². The van der Waals surface area contributed by atoms with Crippen LogP contribution in [0.25, 0.3) is 0 Å². The number of carbonyl (C=O) groups is 3. The molecule has 0 spiro atoms. The lowest BCUT2D eigenvalue weighted by atomic mass is 10.0. The maximum Gasteiger partial charge on any atom is 0.254 e. The lowest BCUT2D eigenvalue weighted by Gasteiger charge is -2.31. The summed E-state index contributed by atoms with van der Waals surface area (Å²) in [4.78, 5) is 41.1. The summed E-state index contributed by atoms with van der Waals surface area (Å²) >= 11 is 0. The molecule has 0 unspecified atom stereocenters. The van der Waals surface area contributed by atoms with Gasteiger partial charge >= 0.3 is 0 Å². The standard InChI is InChI=1S/C21H28FN3O3/c1-14-7-8-16(13-18(14)22)21(28)24-10-4-11-25(15(2)26)19-6-3-5-17(19)20(27)23-9-12-24/h7-8,13,17,19H,3-6,9-12H2,1-2H3,(H,23,27)/t17-,19+/m1/s1. The third-order valence-electron chi connectivity index (χ3n) is 5.84. The largest absolute Gasteiger partial charge is 0.354 e. The molecule has 152 valence electrons. The molecule has 0 radical (unpaired) electrons. The highest BCUT2D eigenvalue weighted by molar-refractivity contribution is 5.94. The van der Waals surface area contributed by atoms with E-state index in [1.807, 2.05) is 0 Å². The molecule has 1 aliphatic carbocycles. The first kappa shape index (κ1) is 20.3. The minimum atomic E-state index is -0.410. The van der Waals surface area contributed by atoms with Crippen LogP contribution in [0.5, 0.6) is 0 Å². The zero-order valence-corrected chi connectivity index (χ0v) is 16.5. The summed E-state index contributed by atoms with van der Waals surface area (Å²) < 4.78 is 13.9. The van der Waals surface area contributed by atoms with Gasteiger partial charge in [0.25, 0.3) is 5.91 Å². The number of fused-ring (bicyclic) bond motifs is 1. The molecule has 0 aromatic heterocycles. The van der Waals surface area contributed by atoms with Gasteiger partial charge in [0.15, 0.2) is 0 Å². The summed E-state index contributed by atoms with van der Waals surface area (Å²) in [5.74, 6) is -0.946. The number of nitrogens with zero attached hydrogens (tertiary/aromatic N) is 2. The van der Waals surface area contributed by atoms with E-state index in [1.54, 1.807) is 28.9 Å². The first-order valence-electron chi connectivity index (χ1n) is 9.99. The highest BCUT2D eigenvalue weighted by Crippen LogP contribution is 2.30. The Kier molecular flexibility index (Phi) is 6.31. The normalized spacial score (nSPS) is 23.6. The minimum absolute atomic E-state index is 0.0394. The third kappa shape index (κ3) is 4.34. The van der Waals surface area contributed by atoms with Gasteiger partial charge in [-0.3, -0.25) is 14.4 Å². The first-order chi connectivity index (χ1) is 13.4. The fraction of sp³-hybridized carbons (Fsp3) is 0.571. The van der Waals surface area contributed by atoms with Crippen molar-refractivity contribution in [3.8, 4) is 0 Å². The molecule has 1 aromatic rings. The SMILES string of the molecule is CC(=O)N1CCCN(C(=O)c2ccc(C)c(F)c2)CCNC(=O)[C@@H]2CCC[C@@H]21. The molecule has 1 aromatic carbocycles. The van der Waals surface area contributed by atoms with Crippen molar-refractivity contribution < 1.29 is 18.8 Å². The second-order valence-corrected chi connectivity index (χ2v) is 7.72. The Labute approximate surface area is 165 Å². The Morgan fingerprint density at radius 3 is 2.64 bits per heavy atom. The Morgan fingerprint density at radius 1 is 1.14 bits per heavy atom. The Hall–Kier alpha value is -2.44. The van der Waals surface area contributed by atoms with E-state index in [0.29, 0.717) is 43.7 Å². The zero-order valence-electron chi connectivity index (χ0n) is 16.5. The van der Waals surface area contributed by atoms with Gasteiger partial charge in [0.2, 0.25) is 11.8 Å². The smallest absolute Gasteiger partial charge is 0.254 e. The molecule has 6 nitrogen and oxygen atoms in total. The summed E-state index contributed by atoms with van der Waals surface area (Å²) in [5, 5.41) is 2.92. The van der Waals surface area contributed by atoms with E-state index in [0.717, 1.165) is 19.3 Å². The third-order valence-corrected chi connectivity index (χ3v) is 5.84. The average Bonchev–Trinajstić information content (AvgIpc) is 3.13. The minimum Gasteiger partial charge on any atom is -0.354 e. The van der Waals surface area contributed by atoms with Crippen molar-refractivity contribution in [2.45, 2.75) is 45.6 Å². The molecule has 1 aliphatic heterocycles. The van der Waals surface area contributed by atoms with E-state index >= 15 is 0 Å². The summed E-state index contributed by atoms with van der Waals surface area (Å²) in [7, 11) is 0. The van der Waals surface area contributed by atoms with E-state index in [9.17, 15) is 18.8 Å². The van der Waals surface area contributed by atoms with Gasteiger partial charge in [-0.15, -0.1) is 0 Å². The first-order valence-corrected chi connectivity index (χ1v) is 9.99. The van der Waals surface area contributed by atoms with Crippen LogP contribution in [0.15, 0.2) is 18.2 Å². The number of hydrogen-bond acceptors (Lipinski definition) is 3. The van der Waals surface area contributed by atoms with Crippen LogP contribution in [-0.2, 0) is 9.59 Å². The molecule has 1 heterocycles. The summed E-state index contributed by atoms with van der Waals surface area (Å²) in [6.45, 7) is 4.85. The van der Waals surface area contributed by atoms with Gasteiger partial charge in [0.05, 0.1) is 5.92 Å². The molecule has 2 fully saturated rings. The monoisotopic (exact) mass is 389 g/mol.